The zero-order chi connectivity index (χ0) is 19.1. The van der Waals surface area contributed by atoms with E-state index in [1.54, 1.807) is 12.1 Å². The predicted octanol–water partition coefficient (Wildman–Crippen LogP) is 3.21. The third-order valence-electron chi connectivity index (χ3n) is 3.81. The van der Waals surface area contributed by atoms with Gasteiger partial charge in [-0.1, -0.05) is 12.1 Å². The van der Waals surface area contributed by atoms with Crippen molar-refractivity contribution in [2.75, 3.05) is 18.0 Å². The summed E-state index contributed by atoms with van der Waals surface area (Å²) in [6.45, 7) is 1.70. The van der Waals surface area contributed by atoms with E-state index in [0.29, 0.717) is 13.0 Å². The zero-order valence-electron chi connectivity index (χ0n) is 14.3. The topological polar surface area (TPSA) is 49.4 Å². The van der Waals surface area contributed by atoms with Crippen LogP contribution in [0.25, 0.3) is 0 Å². The van der Waals surface area contributed by atoms with Crippen LogP contribution in [-0.2, 0) is 16.0 Å². The van der Waals surface area contributed by atoms with Crippen LogP contribution in [0, 0.1) is 17.5 Å². The quantitative estimate of drug-likeness (QED) is 0.820. The van der Waals surface area contributed by atoms with Gasteiger partial charge in [-0.3, -0.25) is 9.59 Å². The Morgan fingerprint density at radius 3 is 2.31 bits per heavy atom. The molecule has 26 heavy (non-hydrogen) atoms. The summed E-state index contributed by atoms with van der Waals surface area (Å²) in [6, 6.07) is 9.12. The monoisotopic (exact) mass is 364 g/mol. The lowest BCUT2D eigenvalue weighted by Gasteiger charge is -2.21. The molecule has 2 aromatic carbocycles. The van der Waals surface area contributed by atoms with Gasteiger partial charge in [0.25, 0.3) is 0 Å². The summed E-state index contributed by atoms with van der Waals surface area (Å²) in [4.78, 5) is 24.9. The Bertz CT molecular complexity index is 779. The molecular formula is C19H19F3N2O2. The summed E-state index contributed by atoms with van der Waals surface area (Å²) in [7, 11) is 0. The lowest BCUT2D eigenvalue weighted by Crippen LogP contribution is -2.34. The largest absolute Gasteiger partial charge is 0.356 e. The van der Waals surface area contributed by atoms with Gasteiger partial charge in [0, 0.05) is 38.2 Å². The lowest BCUT2D eigenvalue weighted by molar-refractivity contribution is -0.121. The molecule has 0 fully saturated rings. The van der Waals surface area contributed by atoms with Crippen molar-refractivity contribution in [3.05, 3.63) is 65.5 Å². The maximum atomic E-state index is 13.3. The standard InChI is InChI=1S/C19H19F3N2O2/c1-13(25)24(16-6-7-17(21)18(22)12-16)11-9-19(26)23-10-8-14-2-4-15(20)5-3-14/h2-7,12H,8-11H2,1H3,(H,23,26). The Morgan fingerprint density at radius 1 is 1.00 bits per heavy atom. The van der Waals surface area contributed by atoms with E-state index in [0.717, 1.165) is 17.7 Å². The first-order chi connectivity index (χ1) is 12.4. The van der Waals surface area contributed by atoms with Crippen LogP contribution in [0.4, 0.5) is 18.9 Å². The van der Waals surface area contributed by atoms with E-state index in [1.165, 1.54) is 30.0 Å². The summed E-state index contributed by atoms with van der Waals surface area (Å²) in [6.07, 6.45) is 0.563. The molecule has 0 bridgehead atoms. The molecule has 0 radical (unpaired) electrons. The summed E-state index contributed by atoms with van der Waals surface area (Å²) in [5.41, 5.74) is 1.08. The van der Waals surface area contributed by atoms with Crippen molar-refractivity contribution in [2.45, 2.75) is 19.8 Å². The molecule has 4 nitrogen and oxygen atoms in total. The first-order valence-electron chi connectivity index (χ1n) is 8.11. The maximum Gasteiger partial charge on any atom is 0.223 e. The van der Waals surface area contributed by atoms with Gasteiger partial charge in [0.2, 0.25) is 11.8 Å². The number of nitrogens with zero attached hydrogens (tertiary/aromatic N) is 1. The highest BCUT2D eigenvalue weighted by molar-refractivity contribution is 5.92. The number of rotatable bonds is 7. The third-order valence-corrected chi connectivity index (χ3v) is 3.81. The third kappa shape index (κ3) is 5.61. The van der Waals surface area contributed by atoms with Crippen LogP contribution in [0.1, 0.15) is 18.9 Å². The molecule has 0 unspecified atom stereocenters. The molecule has 0 saturated heterocycles. The van der Waals surface area contributed by atoms with E-state index in [9.17, 15) is 22.8 Å². The molecule has 2 aromatic rings. The molecule has 0 heterocycles. The minimum absolute atomic E-state index is 0.0159. The highest BCUT2D eigenvalue weighted by Crippen LogP contribution is 2.18. The van der Waals surface area contributed by atoms with Crippen LogP contribution >= 0.6 is 0 Å². The minimum atomic E-state index is -1.06. The molecule has 2 rings (SSSR count). The Kier molecular flexibility index (Phi) is 6.77. The van der Waals surface area contributed by atoms with Crippen molar-refractivity contribution in [3.8, 4) is 0 Å². The molecule has 138 valence electrons. The van der Waals surface area contributed by atoms with Crippen LogP contribution in [0.2, 0.25) is 0 Å². The molecular weight excluding hydrogens is 345 g/mol. The Balaban J connectivity index is 1.84. The van der Waals surface area contributed by atoms with Crippen molar-refractivity contribution >= 4 is 17.5 Å². The number of carbonyl (C=O) groups excluding carboxylic acids is 2. The molecule has 2 amide bonds. The van der Waals surface area contributed by atoms with E-state index in [2.05, 4.69) is 5.32 Å². The summed E-state index contributed by atoms with van der Waals surface area (Å²) >= 11 is 0. The van der Waals surface area contributed by atoms with Crippen LogP contribution in [0.5, 0.6) is 0 Å². The number of hydrogen-bond donors (Lipinski definition) is 1. The lowest BCUT2D eigenvalue weighted by atomic mass is 10.1. The number of hydrogen-bond acceptors (Lipinski definition) is 2. The summed E-state index contributed by atoms with van der Waals surface area (Å²) in [5, 5.41) is 2.71. The van der Waals surface area contributed by atoms with E-state index in [-0.39, 0.29) is 36.3 Å². The Morgan fingerprint density at radius 2 is 1.69 bits per heavy atom. The molecule has 7 heteroatoms. The second kappa shape index (κ2) is 9.03. The fourth-order valence-electron chi connectivity index (χ4n) is 2.42. The second-order valence-electron chi connectivity index (χ2n) is 5.75. The maximum absolute atomic E-state index is 13.3. The first kappa shape index (κ1) is 19.5. The van der Waals surface area contributed by atoms with Gasteiger partial charge in [-0.05, 0) is 36.2 Å². The number of anilines is 1. The fraction of sp³-hybridized carbons (Fsp3) is 0.263. The van der Waals surface area contributed by atoms with Crippen LogP contribution < -0.4 is 10.2 Å². The normalized spacial score (nSPS) is 10.5. The van der Waals surface area contributed by atoms with Gasteiger partial charge in [0.05, 0.1) is 0 Å². The second-order valence-corrected chi connectivity index (χ2v) is 5.75. The number of amides is 2. The fourth-order valence-corrected chi connectivity index (χ4v) is 2.42. The van der Waals surface area contributed by atoms with Crippen molar-refractivity contribution in [1.29, 1.82) is 0 Å². The molecule has 0 aromatic heterocycles. The average Bonchev–Trinajstić information content (AvgIpc) is 2.59. The van der Waals surface area contributed by atoms with Crippen LogP contribution in [0.15, 0.2) is 42.5 Å². The van der Waals surface area contributed by atoms with E-state index in [4.69, 9.17) is 0 Å². The molecule has 0 aliphatic carbocycles. The number of carbonyl (C=O) groups is 2. The molecule has 1 N–H and O–H groups in total. The van der Waals surface area contributed by atoms with Crippen molar-refractivity contribution in [1.82, 2.24) is 5.32 Å². The SMILES string of the molecule is CC(=O)N(CCC(=O)NCCc1ccc(F)cc1)c1ccc(F)c(F)c1. The van der Waals surface area contributed by atoms with Crippen molar-refractivity contribution < 1.29 is 22.8 Å². The molecule has 0 atom stereocenters. The Hall–Kier alpha value is -2.83. The Labute approximate surface area is 149 Å². The van der Waals surface area contributed by atoms with Crippen molar-refractivity contribution in [3.63, 3.8) is 0 Å². The van der Waals surface area contributed by atoms with Gasteiger partial charge in [-0.15, -0.1) is 0 Å². The molecule has 0 aliphatic heterocycles. The number of nitrogens with one attached hydrogen (secondary N) is 1. The predicted molar refractivity (Wildman–Crippen MR) is 92.1 cm³/mol. The highest BCUT2D eigenvalue weighted by Gasteiger charge is 2.15. The van der Waals surface area contributed by atoms with Gasteiger partial charge in [0.15, 0.2) is 11.6 Å². The van der Waals surface area contributed by atoms with Crippen molar-refractivity contribution in [2.24, 2.45) is 0 Å². The van der Waals surface area contributed by atoms with Gasteiger partial charge < -0.3 is 10.2 Å². The average molecular weight is 364 g/mol. The van der Waals surface area contributed by atoms with Gasteiger partial charge in [0.1, 0.15) is 5.82 Å². The zero-order valence-corrected chi connectivity index (χ0v) is 14.3. The smallest absolute Gasteiger partial charge is 0.223 e. The van der Waals surface area contributed by atoms with E-state index >= 15 is 0 Å². The van der Waals surface area contributed by atoms with Crippen LogP contribution in [0.3, 0.4) is 0 Å². The van der Waals surface area contributed by atoms with Gasteiger partial charge in [-0.25, -0.2) is 13.2 Å². The van der Waals surface area contributed by atoms with Gasteiger partial charge >= 0.3 is 0 Å². The number of halogens is 3. The highest BCUT2D eigenvalue weighted by atomic mass is 19.2. The van der Waals surface area contributed by atoms with E-state index < -0.39 is 11.6 Å². The number of benzene rings is 2. The van der Waals surface area contributed by atoms with Crippen LogP contribution in [-0.4, -0.2) is 24.9 Å². The summed E-state index contributed by atoms with van der Waals surface area (Å²) in [5.74, 6) is -3.04. The molecule has 0 spiro atoms. The minimum Gasteiger partial charge on any atom is -0.356 e. The molecule has 0 saturated carbocycles. The first-order valence-corrected chi connectivity index (χ1v) is 8.11. The summed E-state index contributed by atoms with van der Waals surface area (Å²) < 4.78 is 39.2. The van der Waals surface area contributed by atoms with Gasteiger partial charge in [-0.2, -0.15) is 0 Å². The van der Waals surface area contributed by atoms with E-state index in [1.807, 2.05) is 0 Å². The molecule has 0 aliphatic rings.